The minimum absolute atomic E-state index is 0.0449. The number of fused-ring (bicyclic) bond motifs is 1. The van der Waals surface area contributed by atoms with Crippen LogP contribution in [0.4, 0.5) is 4.79 Å². The summed E-state index contributed by atoms with van der Waals surface area (Å²) in [7, 11) is 0. The van der Waals surface area contributed by atoms with Gasteiger partial charge >= 0.3 is 6.03 Å². The summed E-state index contributed by atoms with van der Waals surface area (Å²) < 4.78 is 11.4. The van der Waals surface area contributed by atoms with Crippen molar-refractivity contribution in [1.29, 1.82) is 0 Å². The molecule has 0 aromatic heterocycles. The first-order valence-corrected chi connectivity index (χ1v) is 9.82. The summed E-state index contributed by atoms with van der Waals surface area (Å²) in [5.74, 6) is 1.27. The van der Waals surface area contributed by atoms with E-state index in [1.54, 1.807) is 0 Å². The maximum absolute atomic E-state index is 12.2. The lowest BCUT2D eigenvalue weighted by atomic mass is 9.99. The fourth-order valence-corrected chi connectivity index (χ4v) is 3.16. The molecule has 150 valence electrons. The first kappa shape index (κ1) is 21.0. The number of carbonyl (C=O) groups excluding carboxylic acids is 2. The van der Waals surface area contributed by atoms with Crippen LogP contribution in [0.15, 0.2) is 12.1 Å². The predicted octanol–water partition coefficient (Wildman–Crippen LogP) is 1.05. The zero-order valence-corrected chi connectivity index (χ0v) is 16.8. The molecule has 3 N–H and O–H groups in total. The van der Waals surface area contributed by atoms with Gasteiger partial charge in [-0.3, -0.25) is 10.1 Å². The molecule has 0 saturated carbocycles. The van der Waals surface area contributed by atoms with Gasteiger partial charge in [0.2, 0.25) is 0 Å². The topological polar surface area (TPSA) is 81.1 Å². The van der Waals surface area contributed by atoms with Gasteiger partial charge in [-0.15, -0.1) is 0 Å². The van der Waals surface area contributed by atoms with E-state index >= 15 is 0 Å². The Morgan fingerprint density at radius 1 is 1.11 bits per heavy atom. The van der Waals surface area contributed by atoms with Crippen LogP contribution in [0.3, 0.4) is 0 Å². The summed E-state index contributed by atoms with van der Waals surface area (Å²) in [4.78, 5) is 25.1. The maximum atomic E-state index is 12.2. The van der Waals surface area contributed by atoms with Gasteiger partial charge in [0.25, 0.3) is 5.91 Å². The zero-order chi connectivity index (χ0) is 19.8. The molecule has 27 heavy (non-hydrogen) atoms. The predicted molar refractivity (Wildman–Crippen MR) is 103 cm³/mol. The maximum Gasteiger partial charge on any atom is 0.321 e. The van der Waals surface area contributed by atoms with Crippen molar-refractivity contribution in [2.24, 2.45) is 0 Å². The molecule has 1 aromatic carbocycles. The molecule has 0 spiro atoms. The zero-order valence-electron chi connectivity index (χ0n) is 16.8. The van der Waals surface area contributed by atoms with Crippen LogP contribution in [-0.4, -0.2) is 44.3 Å². The number of nitrogens with one attached hydrogen (secondary N) is 3. The molecule has 0 aliphatic carbocycles. The van der Waals surface area contributed by atoms with Gasteiger partial charge in [-0.1, -0.05) is 6.92 Å². The first-order chi connectivity index (χ1) is 13.0. The van der Waals surface area contributed by atoms with Gasteiger partial charge in [-0.25, -0.2) is 4.79 Å². The molecule has 0 saturated heterocycles. The van der Waals surface area contributed by atoms with Crippen molar-refractivity contribution in [3.8, 4) is 11.5 Å². The molecule has 1 aliphatic heterocycles. The number of quaternary nitrogens is 1. The van der Waals surface area contributed by atoms with Crippen LogP contribution < -0.4 is 25.0 Å². The van der Waals surface area contributed by atoms with E-state index in [1.165, 1.54) is 11.1 Å². The Morgan fingerprint density at radius 2 is 1.74 bits per heavy atom. The summed E-state index contributed by atoms with van der Waals surface area (Å²) in [6.07, 6.45) is 1.69. The Balaban J connectivity index is 1.97. The molecule has 3 amide bonds. The second-order valence-electron chi connectivity index (χ2n) is 6.87. The highest BCUT2D eigenvalue weighted by atomic mass is 16.5. The molecular weight excluding hydrogens is 346 g/mol. The number of urea groups is 1. The smallest absolute Gasteiger partial charge is 0.321 e. The third-order valence-corrected chi connectivity index (χ3v) is 4.71. The van der Waals surface area contributed by atoms with Crippen molar-refractivity contribution < 1.29 is 24.0 Å². The van der Waals surface area contributed by atoms with Crippen molar-refractivity contribution in [2.45, 2.75) is 53.1 Å². The number of carbonyl (C=O) groups is 2. The van der Waals surface area contributed by atoms with Crippen LogP contribution in [0.2, 0.25) is 0 Å². The fourth-order valence-electron chi connectivity index (χ4n) is 3.16. The second kappa shape index (κ2) is 10.2. The Hall–Kier alpha value is -2.28. The molecule has 0 radical (unpaired) electrons. The highest BCUT2D eigenvalue weighted by molar-refractivity contribution is 5.94. The molecule has 1 unspecified atom stereocenters. The second-order valence-corrected chi connectivity index (χ2v) is 6.87. The minimum atomic E-state index is -0.425. The van der Waals surface area contributed by atoms with Crippen molar-refractivity contribution in [3.63, 3.8) is 0 Å². The van der Waals surface area contributed by atoms with Gasteiger partial charge in [0.05, 0.1) is 19.8 Å². The van der Waals surface area contributed by atoms with Crippen LogP contribution in [-0.2, 0) is 17.8 Å². The third kappa shape index (κ3) is 6.13. The van der Waals surface area contributed by atoms with Crippen LogP contribution in [0.5, 0.6) is 11.5 Å². The number of benzene rings is 1. The molecule has 1 aromatic rings. The van der Waals surface area contributed by atoms with E-state index in [0.29, 0.717) is 13.2 Å². The number of amides is 3. The standard InChI is InChI=1S/C20H31N3O4/c1-5-14(4)21-20(25)22-19(24)13-23-9-8-15-10-17(26-6-2)18(27-7-3)11-16(15)12-23/h10-11,14H,5-9,12-13H2,1-4H3,(H2,21,22,24,25)/p+1/t14-/m1/s1. The molecule has 7 nitrogen and oxygen atoms in total. The van der Waals surface area contributed by atoms with Crippen LogP contribution in [0.1, 0.15) is 45.2 Å². The van der Waals surface area contributed by atoms with Crippen LogP contribution in [0.25, 0.3) is 0 Å². The van der Waals surface area contributed by atoms with E-state index in [9.17, 15) is 9.59 Å². The average molecular weight is 378 g/mol. The number of rotatable bonds is 8. The summed E-state index contributed by atoms with van der Waals surface area (Å²) in [6, 6.07) is 3.70. The Labute approximate surface area is 161 Å². The molecule has 1 heterocycles. The number of imide groups is 1. The summed E-state index contributed by atoms with van der Waals surface area (Å²) >= 11 is 0. The minimum Gasteiger partial charge on any atom is -0.490 e. The van der Waals surface area contributed by atoms with Gasteiger partial charge in [-0.05, 0) is 44.9 Å². The normalized spacial score (nSPS) is 16.8. The lowest BCUT2D eigenvalue weighted by Gasteiger charge is -2.26. The van der Waals surface area contributed by atoms with E-state index in [-0.39, 0.29) is 18.5 Å². The summed E-state index contributed by atoms with van der Waals surface area (Å²) in [5, 5.41) is 5.16. The Bertz CT molecular complexity index is 663. The highest BCUT2D eigenvalue weighted by Gasteiger charge is 2.25. The third-order valence-electron chi connectivity index (χ3n) is 4.71. The van der Waals surface area contributed by atoms with Crippen molar-refractivity contribution in [1.82, 2.24) is 10.6 Å². The Morgan fingerprint density at radius 3 is 2.33 bits per heavy atom. The van der Waals surface area contributed by atoms with Gasteiger partial charge in [0, 0.05) is 18.0 Å². The largest absolute Gasteiger partial charge is 0.490 e. The Kier molecular flexibility index (Phi) is 7.91. The van der Waals surface area contributed by atoms with Crippen molar-refractivity contribution in [2.75, 3.05) is 26.3 Å². The van der Waals surface area contributed by atoms with Crippen molar-refractivity contribution in [3.05, 3.63) is 23.3 Å². The average Bonchev–Trinajstić information content (AvgIpc) is 2.62. The number of ether oxygens (including phenoxy) is 2. The van der Waals surface area contributed by atoms with E-state index in [4.69, 9.17) is 9.47 Å². The van der Waals surface area contributed by atoms with E-state index in [2.05, 4.69) is 16.7 Å². The van der Waals surface area contributed by atoms with Gasteiger partial charge < -0.3 is 19.7 Å². The van der Waals surface area contributed by atoms with Crippen molar-refractivity contribution >= 4 is 11.9 Å². The van der Waals surface area contributed by atoms with Gasteiger partial charge in [0.15, 0.2) is 18.0 Å². The molecule has 0 bridgehead atoms. The molecule has 7 heteroatoms. The van der Waals surface area contributed by atoms with E-state index in [1.807, 2.05) is 33.8 Å². The first-order valence-electron chi connectivity index (χ1n) is 9.82. The van der Waals surface area contributed by atoms with E-state index in [0.717, 1.165) is 42.3 Å². The van der Waals surface area contributed by atoms with Gasteiger partial charge in [0.1, 0.15) is 6.54 Å². The number of hydrogen-bond donors (Lipinski definition) is 3. The molecule has 2 rings (SSSR count). The molecular formula is C20H32N3O4+. The van der Waals surface area contributed by atoms with Crippen LogP contribution in [0, 0.1) is 0 Å². The quantitative estimate of drug-likeness (QED) is 0.632. The SMILES string of the molecule is CCOc1cc2c(cc1OCC)C[NH+](CC(=O)NC(=O)N[C@H](C)CC)CC2. The molecule has 1 aliphatic rings. The molecule has 0 fully saturated rings. The molecule has 2 atom stereocenters. The summed E-state index contributed by atoms with van der Waals surface area (Å²) in [6.45, 7) is 10.8. The van der Waals surface area contributed by atoms with E-state index < -0.39 is 6.03 Å². The monoisotopic (exact) mass is 378 g/mol. The van der Waals surface area contributed by atoms with Gasteiger partial charge in [-0.2, -0.15) is 0 Å². The highest BCUT2D eigenvalue weighted by Crippen LogP contribution is 2.32. The lowest BCUT2D eigenvalue weighted by molar-refractivity contribution is -0.908. The number of hydrogen-bond acceptors (Lipinski definition) is 4. The lowest BCUT2D eigenvalue weighted by Crippen LogP contribution is -3.13. The fraction of sp³-hybridized carbons (Fsp3) is 0.600. The summed E-state index contributed by atoms with van der Waals surface area (Å²) in [5.41, 5.74) is 2.40. The van der Waals surface area contributed by atoms with Crippen LogP contribution >= 0.6 is 0 Å².